The number of thiazole rings is 1. The van der Waals surface area contributed by atoms with Crippen molar-refractivity contribution < 1.29 is 14.5 Å². The third kappa shape index (κ3) is 3.12. The van der Waals surface area contributed by atoms with Crippen LogP contribution < -0.4 is 10.6 Å². The first-order valence-electron chi connectivity index (χ1n) is 6.76. The van der Waals surface area contributed by atoms with Crippen LogP contribution in [0.2, 0.25) is 0 Å². The highest BCUT2D eigenvalue weighted by molar-refractivity contribution is 7.09. The van der Waals surface area contributed by atoms with Gasteiger partial charge in [0.15, 0.2) is 0 Å². The van der Waals surface area contributed by atoms with Crippen LogP contribution in [0.3, 0.4) is 0 Å². The molecule has 1 atom stereocenters. The van der Waals surface area contributed by atoms with Gasteiger partial charge in [-0.25, -0.2) is 9.97 Å². The lowest BCUT2D eigenvalue weighted by molar-refractivity contribution is -0.385. The number of rotatable bonds is 4. The van der Waals surface area contributed by atoms with E-state index in [9.17, 15) is 14.9 Å². The summed E-state index contributed by atoms with van der Waals surface area (Å²) in [5.74, 6) is -0.429. The minimum atomic E-state index is -0.756. The number of anilines is 1. The SMILES string of the molecule is NC(=O)c1cc([N+](=O)[O-])cnc1N1CCOC(c2nccs2)C1. The van der Waals surface area contributed by atoms with Gasteiger partial charge in [-0.15, -0.1) is 11.3 Å². The third-order valence-electron chi connectivity index (χ3n) is 3.42. The fourth-order valence-electron chi connectivity index (χ4n) is 2.36. The summed E-state index contributed by atoms with van der Waals surface area (Å²) in [6, 6.07) is 1.15. The molecule has 1 unspecified atom stereocenters. The maximum Gasteiger partial charge on any atom is 0.288 e. The van der Waals surface area contributed by atoms with Gasteiger partial charge in [-0.1, -0.05) is 0 Å². The van der Waals surface area contributed by atoms with Gasteiger partial charge in [0.05, 0.1) is 23.6 Å². The number of ether oxygens (including phenoxy) is 1. The van der Waals surface area contributed by atoms with Crippen LogP contribution in [0, 0.1) is 10.1 Å². The standard InChI is InChI=1S/C13H13N5O4S/c14-11(19)9-5-8(18(20)21)6-16-12(9)17-2-3-22-10(7-17)13-15-1-4-23-13/h1,4-6,10H,2-3,7H2,(H2,14,19). The lowest BCUT2D eigenvalue weighted by Gasteiger charge is -2.33. The maximum absolute atomic E-state index is 11.6. The Morgan fingerprint density at radius 3 is 3.00 bits per heavy atom. The highest BCUT2D eigenvalue weighted by Crippen LogP contribution is 2.29. The summed E-state index contributed by atoms with van der Waals surface area (Å²) in [5, 5.41) is 13.5. The zero-order valence-electron chi connectivity index (χ0n) is 11.9. The fourth-order valence-corrected chi connectivity index (χ4v) is 3.04. The van der Waals surface area contributed by atoms with Gasteiger partial charge in [-0.05, 0) is 0 Å². The normalized spacial score (nSPS) is 17.9. The number of hydrogen-bond donors (Lipinski definition) is 1. The number of nitrogens with zero attached hydrogens (tertiary/aromatic N) is 4. The summed E-state index contributed by atoms with van der Waals surface area (Å²) < 4.78 is 5.69. The molecule has 1 amide bonds. The molecule has 3 heterocycles. The third-order valence-corrected chi connectivity index (χ3v) is 4.29. The predicted octanol–water partition coefficient (Wildman–Crippen LogP) is 1.12. The maximum atomic E-state index is 11.6. The second-order valence-electron chi connectivity index (χ2n) is 4.86. The van der Waals surface area contributed by atoms with E-state index >= 15 is 0 Å². The van der Waals surface area contributed by atoms with Crippen molar-refractivity contribution in [2.24, 2.45) is 5.73 Å². The lowest BCUT2D eigenvalue weighted by atomic mass is 10.2. The van der Waals surface area contributed by atoms with Crippen LogP contribution in [0.15, 0.2) is 23.8 Å². The number of amides is 1. The summed E-state index contributed by atoms with van der Waals surface area (Å²) >= 11 is 1.48. The Hall–Kier alpha value is -2.59. The Morgan fingerprint density at radius 1 is 1.52 bits per heavy atom. The number of hydrogen-bond acceptors (Lipinski definition) is 8. The van der Waals surface area contributed by atoms with Crippen LogP contribution in [-0.2, 0) is 4.74 Å². The van der Waals surface area contributed by atoms with E-state index in [1.807, 2.05) is 10.3 Å². The largest absolute Gasteiger partial charge is 0.367 e. The van der Waals surface area contributed by atoms with E-state index in [-0.39, 0.29) is 17.4 Å². The van der Waals surface area contributed by atoms with Gasteiger partial charge >= 0.3 is 0 Å². The van der Waals surface area contributed by atoms with E-state index in [1.54, 1.807) is 6.20 Å². The van der Waals surface area contributed by atoms with Crippen LogP contribution in [-0.4, -0.2) is 40.5 Å². The van der Waals surface area contributed by atoms with Gasteiger partial charge in [0, 0.05) is 24.2 Å². The van der Waals surface area contributed by atoms with Crippen LogP contribution in [0.4, 0.5) is 11.5 Å². The van der Waals surface area contributed by atoms with Gasteiger partial charge in [-0.3, -0.25) is 14.9 Å². The van der Waals surface area contributed by atoms with Gasteiger partial charge in [0.2, 0.25) is 0 Å². The monoisotopic (exact) mass is 335 g/mol. The second-order valence-corrected chi connectivity index (χ2v) is 5.79. The van der Waals surface area contributed by atoms with Crippen LogP contribution >= 0.6 is 11.3 Å². The van der Waals surface area contributed by atoms with Crippen LogP contribution in [0.5, 0.6) is 0 Å². The molecule has 2 N–H and O–H groups in total. The summed E-state index contributed by atoms with van der Waals surface area (Å²) in [4.78, 5) is 32.0. The zero-order valence-corrected chi connectivity index (χ0v) is 12.7. The second kappa shape index (κ2) is 6.26. The zero-order chi connectivity index (χ0) is 16.4. The molecule has 1 aliphatic rings. The Kier molecular flexibility index (Phi) is 4.17. The highest BCUT2D eigenvalue weighted by atomic mass is 32.1. The van der Waals surface area contributed by atoms with Crippen molar-refractivity contribution in [3.63, 3.8) is 0 Å². The van der Waals surface area contributed by atoms with Gasteiger partial charge in [-0.2, -0.15) is 0 Å². The first-order chi connectivity index (χ1) is 11.1. The quantitative estimate of drug-likeness (QED) is 0.655. The summed E-state index contributed by atoms with van der Waals surface area (Å²) in [5.41, 5.74) is 5.11. The van der Waals surface area contributed by atoms with Crippen molar-refractivity contribution in [3.8, 4) is 0 Å². The molecule has 10 heteroatoms. The molecule has 0 saturated carbocycles. The molecular weight excluding hydrogens is 322 g/mol. The van der Waals surface area contributed by atoms with Crippen LogP contribution in [0.25, 0.3) is 0 Å². The Balaban J connectivity index is 1.91. The number of carbonyl (C=O) groups is 1. The molecule has 2 aromatic rings. The Labute approximate surface area is 134 Å². The topological polar surface area (TPSA) is 124 Å². The van der Waals surface area contributed by atoms with Crippen molar-refractivity contribution >= 4 is 28.7 Å². The molecule has 2 aromatic heterocycles. The smallest absolute Gasteiger partial charge is 0.288 e. The van der Waals surface area contributed by atoms with Gasteiger partial charge in [0.25, 0.3) is 11.6 Å². The molecule has 0 spiro atoms. The molecular formula is C13H13N5O4S. The van der Waals surface area contributed by atoms with Crippen molar-refractivity contribution in [1.82, 2.24) is 9.97 Å². The molecule has 1 saturated heterocycles. The summed E-state index contributed by atoms with van der Waals surface area (Å²) in [6.45, 7) is 1.38. The van der Waals surface area contributed by atoms with E-state index in [1.165, 1.54) is 11.3 Å². The minimum absolute atomic E-state index is 0.0268. The molecule has 1 fully saturated rings. The number of nitrogens with two attached hydrogens (primary N) is 1. The number of morpholine rings is 1. The Bertz CT molecular complexity index is 736. The molecule has 23 heavy (non-hydrogen) atoms. The average molecular weight is 335 g/mol. The van der Waals surface area contributed by atoms with Crippen molar-refractivity contribution in [1.29, 1.82) is 0 Å². The number of nitro groups is 1. The van der Waals surface area contributed by atoms with E-state index in [4.69, 9.17) is 10.5 Å². The molecule has 0 aromatic carbocycles. The summed E-state index contributed by atoms with van der Waals surface area (Å²) in [6.07, 6.45) is 2.58. The molecule has 0 aliphatic carbocycles. The number of carbonyl (C=O) groups excluding carboxylic acids is 1. The molecule has 0 bridgehead atoms. The number of aromatic nitrogens is 2. The molecule has 3 rings (SSSR count). The average Bonchev–Trinajstić information content (AvgIpc) is 3.09. The summed E-state index contributed by atoms with van der Waals surface area (Å²) in [7, 11) is 0. The van der Waals surface area contributed by atoms with Gasteiger partial charge < -0.3 is 15.4 Å². The minimum Gasteiger partial charge on any atom is -0.367 e. The lowest BCUT2D eigenvalue weighted by Crippen LogP contribution is -2.40. The first-order valence-corrected chi connectivity index (χ1v) is 7.64. The molecule has 1 aliphatic heterocycles. The van der Waals surface area contributed by atoms with E-state index < -0.39 is 10.8 Å². The predicted molar refractivity (Wildman–Crippen MR) is 82.4 cm³/mol. The van der Waals surface area contributed by atoms with Crippen LogP contribution in [0.1, 0.15) is 21.5 Å². The van der Waals surface area contributed by atoms with E-state index in [0.29, 0.717) is 25.5 Å². The Morgan fingerprint density at radius 2 is 2.35 bits per heavy atom. The molecule has 9 nitrogen and oxygen atoms in total. The van der Waals surface area contributed by atoms with Crippen molar-refractivity contribution in [2.45, 2.75) is 6.10 Å². The van der Waals surface area contributed by atoms with E-state index in [0.717, 1.165) is 17.3 Å². The molecule has 120 valence electrons. The van der Waals surface area contributed by atoms with E-state index in [2.05, 4.69) is 9.97 Å². The van der Waals surface area contributed by atoms with Gasteiger partial charge in [0.1, 0.15) is 23.1 Å². The fraction of sp³-hybridized carbons (Fsp3) is 0.308. The number of pyridine rings is 1. The number of primary amides is 1. The molecule has 0 radical (unpaired) electrons. The van der Waals surface area contributed by atoms with Crippen molar-refractivity contribution in [3.05, 3.63) is 44.5 Å². The van der Waals surface area contributed by atoms with Crippen molar-refractivity contribution in [2.75, 3.05) is 24.6 Å². The first kappa shape index (κ1) is 15.3. The highest BCUT2D eigenvalue weighted by Gasteiger charge is 2.28.